The summed E-state index contributed by atoms with van der Waals surface area (Å²) in [4.78, 5) is 5.85. The third-order valence-corrected chi connectivity index (χ3v) is 5.78. The summed E-state index contributed by atoms with van der Waals surface area (Å²) in [6.07, 6.45) is 0. The summed E-state index contributed by atoms with van der Waals surface area (Å²) in [7, 11) is 0. The fourth-order valence-corrected chi connectivity index (χ4v) is 4.31. The molecule has 2 heterocycles. The van der Waals surface area contributed by atoms with Crippen LogP contribution >= 0.6 is 22.9 Å². The Kier molecular flexibility index (Phi) is 5.73. The highest BCUT2D eigenvalue weighted by Gasteiger charge is 2.17. The summed E-state index contributed by atoms with van der Waals surface area (Å²) in [5.41, 5.74) is 2.72. The first kappa shape index (κ1) is 19.1. The van der Waals surface area contributed by atoms with Crippen molar-refractivity contribution in [2.75, 3.05) is 6.61 Å². The summed E-state index contributed by atoms with van der Waals surface area (Å²) in [5, 5.41) is 15.7. The molecule has 4 nitrogen and oxygen atoms in total. The number of fused-ring (bicyclic) bond motifs is 1. The molecule has 4 rings (SSSR count). The first-order valence-electron chi connectivity index (χ1n) is 8.93. The van der Waals surface area contributed by atoms with Crippen LogP contribution in [0.2, 0.25) is 5.02 Å². The van der Waals surface area contributed by atoms with E-state index in [4.69, 9.17) is 16.6 Å². The van der Waals surface area contributed by atoms with Crippen molar-refractivity contribution >= 4 is 34.0 Å². The molecule has 0 unspecified atom stereocenters. The minimum absolute atomic E-state index is 0.0112. The smallest absolute Gasteiger partial charge is 0.123 e. The van der Waals surface area contributed by atoms with E-state index in [-0.39, 0.29) is 18.5 Å². The highest BCUT2D eigenvalue weighted by atomic mass is 35.5. The summed E-state index contributed by atoms with van der Waals surface area (Å²) in [6.45, 7) is 0.942. The van der Waals surface area contributed by atoms with Crippen LogP contribution < -0.4 is 5.32 Å². The molecule has 0 aliphatic carbocycles. The van der Waals surface area contributed by atoms with Gasteiger partial charge in [0.25, 0.3) is 0 Å². The van der Waals surface area contributed by atoms with E-state index in [0.29, 0.717) is 18.1 Å². The zero-order chi connectivity index (χ0) is 19.5. The third-order valence-electron chi connectivity index (χ3n) is 4.61. The van der Waals surface area contributed by atoms with Crippen molar-refractivity contribution in [3.8, 4) is 0 Å². The molecule has 7 heteroatoms. The van der Waals surface area contributed by atoms with Crippen LogP contribution in [0.3, 0.4) is 0 Å². The Morgan fingerprint density at radius 3 is 2.71 bits per heavy atom. The van der Waals surface area contributed by atoms with Gasteiger partial charge in [0.05, 0.1) is 30.2 Å². The number of rotatable bonds is 7. The molecule has 0 bridgehead atoms. The lowest BCUT2D eigenvalue weighted by atomic mass is 10.1. The van der Waals surface area contributed by atoms with E-state index >= 15 is 0 Å². The van der Waals surface area contributed by atoms with E-state index in [0.717, 1.165) is 27.3 Å². The molecule has 28 heavy (non-hydrogen) atoms. The molecule has 0 saturated heterocycles. The zero-order valence-corrected chi connectivity index (χ0v) is 16.6. The second kappa shape index (κ2) is 8.41. The fourth-order valence-electron chi connectivity index (χ4n) is 3.32. The number of aliphatic hydroxyl groups excluding tert-OH is 1. The van der Waals surface area contributed by atoms with E-state index in [9.17, 15) is 9.50 Å². The lowest BCUT2D eigenvalue weighted by molar-refractivity contribution is 0.275. The van der Waals surface area contributed by atoms with Crippen LogP contribution in [0, 0.1) is 5.82 Å². The molecule has 0 aliphatic rings. The molecule has 4 aromatic rings. The second-order valence-corrected chi connectivity index (χ2v) is 7.83. The first-order chi connectivity index (χ1) is 13.7. The van der Waals surface area contributed by atoms with Gasteiger partial charge in [-0.25, -0.2) is 9.37 Å². The van der Waals surface area contributed by atoms with E-state index in [1.165, 1.54) is 12.1 Å². The van der Waals surface area contributed by atoms with Crippen LogP contribution in [0.1, 0.15) is 22.3 Å². The number of nitrogens with one attached hydrogen (secondary N) is 1. The van der Waals surface area contributed by atoms with Crippen molar-refractivity contribution in [2.24, 2.45) is 0 Å². The SMILES string of the molecule is OCCn1c(CN[C@@H](c2ccc(F)cc2)c2cccs2)nc2ccc(Cl)cc21. The number of hydrogen-bond acceptors (Lipinski definition) is 4. The Balaban J connectivity index is 1.65. The van der Waals surface area contributed by atoms with Crippen LogP contribution in [0.4, 0.5) is 4.39 Å². The van der Waals surface area contributed by atoms with E-state index in [1.54, 1.807) is 23.5 Å². The normalized spacial score (nSPS) is 12.5. The predicted molar refractivity (Wildman–Crippen MR) is 111 cm³/mol. The minimum Gasteiger partial charge on any atom is -0.395 e. The van der Waals surface area contributed by atoms with Crippen molar-refractivity contribution in [2.45, 2.75) is 19.1 Å². The number of aliphatic hydroxyl groups is 1. The van der Waals surface area contributed by atoms with Crippen LogP contribution in [-0.4, -0.2) is 21.3 Å². The average molecular weight is 416 g/mol. The second-order valence-electron chi connectivity index (χ2n) is 6.42. The van der Waals surface area contributed by atoms with Crippen molar-refractivity contribution in [1.29, 1.82) is 0 Å². The quantitative estimate of drug-likeness (QED) is 0.457. The zero-order valence-electron chi connectivity index (χ0n) is 15.0. The summed E-state index contributed by atoms with van der Waals surface area (Å²) in [6, 6.07) is 16.1. The van der Waals surface area contributed by atoms with Gasteiger partial charge >= 0.3 is 0 Å². The van der Waals surface area contributed by atoms with Crippen molar-refractivity contribution in [3.05, 3.63) is 87.1 Å². The molecule has 144 valence electrons. The van der Waals surface area contributed by atoms with Crippen molar-refractivity contribution in [3.63, 3.8) is 0 Å². The Labute approximate surface area is 171 Å². The number of thiophene rings is 1. The monoisotopic (exact) mass is 415 g/mol. The van der Waals surface area contributed by atoms with Gasteiger partial charge in [-0.05, 0) is 47.3 Å². The van der Waals surface area contributed by atoms with Crippen LogP contribution in [0.5, 0.6) is 0 Å². The number of halogens is 2. The molecule has 2 aromatic heterocycles. The van der Waals surface area contributed by atoms with Crippen LogP contribution in [-0.2, 0) is 13.1 Å². The van der Waals surface area contributed by atoms with Gasteiger partial charge in [-0.15, -0.1) is 11.3 Å². The topological polar surface area (TPSA) is 50.1 Å². The average Bonchev–Trinajstić information content (AvgIpc) is 3.33. The van der Waals surface area contributed by atoms with E-state index in [2.05, 4.69) is 11.4 Å². The number of aromatic nitrogens is 2. The van der Waals surface area contributed by atoms with Gasteiger partial charge in [0.15, 0.2) is 0 Å². The highest BCUT2D eigenvalue weighted by Crippen LogP contribution is 2.27. The van der Waals surface area contributed by atoms with Crippen LogP contribution in [0.15, 0.2) is 60.0 Å². The van der Waals surface area contributed by atoms with E-state index < -0.39 is 0 Å². The highest BCUT2D eigenvalue weighted by molar-refractivity contribution is 7.10. The lowest BCUT2D eigenvalue weighted by Gasteiger charge is -2.18. The number of hydrogen-bond donors (Lipinski definition) is 2. The molecule has 0 fully saturated rings. The Bertz CT molecular complexity index is 1060. The standard InChI is InChI=1S/C21H19ClFN3OS/c22-15-5-8-17-18(12-15)26(9-10-27)20(25-17)13-24-21(19-2-1-11-28-19)14-3-6-16(23)7-4-14/h1-8,11-12,21,24,27H,9-10,13H2/t21-/m0/s1. The first-order valence-corrected chi connectivity index (χ1v) is 10.2. The molecular formula is C21H19ClFN3OS. The number of imidazole rings is 1. The molecule has 0 spiro atoms. The molecule has 0 amide bonds. The summed E-state index contributed by atoms with van der Waals surface area (Å²) >= 11 is 7.79. The molecule has 0 aliphatic heterocycles. The maximum Gasteiger partial charge on any atom is 0.123 e. The molecule has 2 aromatic carbocycles. The molecular weight excluding hydrogens is 397 g/mol. The van der Waals surface area contributed by atoms with Gasteiger partial charge in [-0.3, -0.25) is 5.32 Å². The maximum absolute atomic E-state index is 13.4. The van der Waals surface area contributed by atoms with Gasteiger partial charge in [0.2, 0.25) is 0 Å². The molecule has 1 atom stereocenters. The predicted octanol–water partition coefficient (Wildman–Crippen LogP) is 4.76. The Morgan fingerprint density at radius 1 is 1.18 bits per heavy atom. The Morgan fingerprint density at radius 2 is 2.00 bits per heavy atom. The fraction of sp³-hybridized carbons (Fsp3) is 0.190. The minimum atomic E-state index is -0.254. The van der Waals surface area contributed by atoms with E-state index in [1.807, 2.05) is 34.2 Å². The third kappa shape index (κ3) is 3.95. The molecule has 2 N–H and O–H groups in total. The maximum atomic E-state index is 13.4. The van der Waals surface area contributed by atoms with Gasteiger partial charge in [0, 0.05) is 16.4 Å². The molecule has 0 radical (unpaired) electrons. The van der Waals surface area contributed by atoms with Gasteiger partial charge in [-0.2, -0.15) is 0 Å². The lowest BCUT2D eigenvalue weighted by Crippen LogP contribution is -2.23. The van der Waals surface area contributed by atoms with Crippen molar-refractivity contribution in [1.82, 2.24) is 14.9 Å². The van der Waals surface area contributed by atoms with Gasteiger partial charge < -0.3 is 9.67 Å². The van der Waals surface area contributed by atoms with Crippen LogP contribution in [0.25, 0.3) is 11.0 Å². The number of benzene rings is 2. The van der Waals surface area contributed by atoms with Crippen molar-refractivity contribution < 1.29 is 9.50 Å². The van der Waals surface area contributed by atoms with Gasteiger partial charge in [0.1, 0.15) is 11.6 Å². The van der Waals surface area contributed by atoms with Gasteiger partial charge in [-0.1, -0.05) is 29.8 Å². The summed E-state index contributed by atoms with van der Waals surface area (Å²) < 4.78 is 15.3. The number of nitrogens with zero attached hydrogens (tertiary/aromatic N) is 2. The largest absolute Gasteiger partial charge is 0.395 e. The Hall–Kier alpha value is -2.25. The summed E-state index contributed by atoms with van der Waals surface area (Å²) in [5.74, 6) is 0.560. The molecule has 0 saturated carbocycles.